The molecular weight excluding hydrogens is 236 g/mol. The molecule has 1 saturated heterocycles. The fraction of sp³-hybridized carbons (Fsp3) is 0.500. The summed E-state index contributed by atoms with van der Waals surface area (Å²) in [6.45, 7) is 3.18. The fourth-order valence-corrected chi connectivity index (χ4v) is 2.77. The molecule has 1 N–H and O–H groups in total. The first-order chi connectivity index (χ1) is 8.20. The minimum absolute atomic E-state index is 0.0192. The SMILES string of the molecule is CC(O)c1ncccc1C(=O)N1CCSCC1. The third-order valence-corrected chi connectivity index (χ3v) is 3.71. The summed E-state index contributed by atoms with van der Waals surface area (Å²) in [4.78, 5) is 18.2. The van der Waals surface area contributed by atoms with E-state index in [4.69, 9.17) is 0 Å². The summed E-state index contributed by atoms with van der Waals surface area (Å²) >= 11 is 1.86. The predicted molar refractivity (Wildman–Crippen MR) is 68.1 cm³/mol. The van der Waals surface area contributed by atoms with Gasteiger partial charge >= 0.3 is 0 Å². The molecule has 1 aliphatic rings. The Labute approximate surface area is 105 Å². The molecular formula is C12H16N2O2S. The minimum Gasteiger partial charge on any atom is -0.387 e. The number of carbonyl (C=O) groups is 1. The number of aliphatic hydroxyl groups is 1. The summed E-state index contributed by atoms with van der Waals surface area (Å²) in [6.07, 6.45) is 0.888. The second-order valence-electron chi connectivity index (χ2n) is 4.02. The Morgan fingerprint density at radius 2 is 2.24 bits per heavy atom. The van der Waals surface area contributed by atoms with Crippen LogP contribution in [0.5, 0.6) is 0 Å². The maximum absolute atomic E-state index is 12.3. The maximum Gasteiger partial charge on any atom is 0.255 e. The molecule has 1 aliphatic heterocycles. The Morgan fingerprint density at radius 3 is 2.88 bits per heavy atom. The van der Waals surface area contributed by atoms with Crippen molar-refractivity contribution in [3.8, 4) is 0 Å². The lowest BCUT2D eigenvalue weighted by atomic mass is 10.1. The van der Waals surface area contributed by atoms with Gasteiger partial charge in [0.1, 0.15) is 0 Å². The first-order valence-electron chi connectivity index (χ1n) is 5.70. The van der Waals surface area contributed by atoms with Crippen molar-refractivity contribution in [2.75, 3.05) is 24.6 Å². The molecule has 1 aromatic rings. The van der Waals surface area contributed by atoms with E-state index < -0.39 is 6.10 Å². The number of amides is 1. The summed E-state index contributed by atoms with van der Waals surface area (Å²) in [7, 11) is 0. The number of pyridine rings is 1. The number of rotatable bonds is 2. The number of thioether (sulfide) groups is 1. The van der Waals surface area contributed by atoms with Crippen molar-refractivity contribution < 1.29 is 9.90 Å². The number of hydrogen-bond acceptors (Lipinski definition) is 4. The van der Waals surface area contributed by atoms with Gasteiger partial charge in [-0.2, -0.15) is 11.8 Å². The van der Waals surface area contributed by atoms with E-state index >= 15 is 0 Å². The number of carbonyl (C=O) groups excluding carboxylic acids is 1. The highest BCUT2D eigenvalue weighted by Crippen LogP contribution is 2.18. The van der Waals surface area contributed by atoms with Crippen LogP contribution in [0.2, 0.25) is 0 Å². The van der Waals surface area contributed by atoms with Gasteiger partial charge in [0.2, 0.25) is 0 Å². The zero-order valence-corrected chi connectivity index (χ0v) is 10.6. The van der Waals surface area contributed by atoms with Gasteiger partial charge in [-0.3, -0.25) is 9.78 Å². The average Bonchev–Trinajstić information content (AvgIpc) is 2.39. The van der Waals surface area contributed by atoms with E-state index in [-0.39, 0.29) is 5.91 Å². The predicted octanol–water partition coefficient (Wildman–Crippen LogP) is 1.32. The highest BCUT2D eigenvalue weighted by molar-refractivity contribution is 7.99. The van der Waals surface area contributed by atoms with Crippen LogP contribution in [-0.2, 0) is 0 Å². The average molecular weight is 252 g/mol. The standard InChI is InChI=1S/C12H16N2O2S/c1-9(15)11-10(3-2-4-13-11)12(16)14-5-7-17-8-6-14/h2-4,9,15H,5-8H2,1H3. The van der Waals surface area contributed by atoms with Crippen LogP contribution < -0.4 is 0 Å². The molecule has 2 rings (SSSR count). The molecule has 1 atom stereocenters. The van der Waals surface area contributed by atoms with E-state index in [9.17, 15) is 9.90 Å². The molecule has 17 heavy (non-hydrogen) atoms. The van der Waals surface area contributed by atoms with Crippen molar-refractivity contribution in [3.63, 3.8) is 0 Å². The minimum atomic E-state index is -0.714. The van der Waals surface area contributed by atoms with Gasteiger partial charge in [0.25, 0.3) is 5.91 Å². The van der Waals surface area contributed by atoms with Gasteiger partial charge in [-0.25, -0.2) is 0 Å². The Hall–Kier alpha value is -1.07. The van der Waals surface area contributed by atoms with Crippen LogP contribution in [0.25, 0.3) is 0 Å². The molecule has 2 heterocycles. The largest absolute Gasteiger partial charge is 0.387 e. The normalized spacial score (nSPS) is 17.9. The van der Waals surface area contributed by atoms with Gasteiger partial charge in [-0.1, -0.05) is 0 Å². The lowest BCUT2D eigenvalue weighted by Crippen LogP contribution is -2.38. The van der Waals surface area contributed by atoms with Crippen molar-refractivity contribution in [1.29, 1.82) is 0 Å². The Bertz CT molecular complexity index is 403. The molecule has 92 valence electrons. The monoisotopic (exact) mass is 252 g/mol. The Morgan fingerprint density at radius 1 is 1.53 bits per heavy atom. The van der Waals surface area contributed by atoms with E-state index in [1.165, 1.54) is 0 Å². The second-order valence-corrected chi connectivity index (χ2v) is 5.24. The topological polar surface area (TPSA) is 53.4 Å². The van der Waals surface area contributed by atoms with Crippen molar-refractivity contribution in [2.24, 2.45) is 0 Å². The highest BCUT2D eigenvalue weighted by Gasteiger charge is 2.22. The summed E-state index contributed by atoms with van der Waals surface area (Å²) in [5, 5.41) is 9.61. The zero-order chi connectivity index (χ0) is 12.3. The second kappa shape index (κ2) is 5.51. The highest BCUT2D eigenvalue weighted by atomic mass is 32.2. The van der Waals surface area contributed by atoms with Gasteiger partial charge in [0, 0.05) is 30.8 Å². The van der Waals surface area contributed by atoms with Crippen LogP contribution >= 0.6 is 11.8 Å². The molecule has 5 heteroatoms. The molecule has 1 unspecified atom stereocenters. The molecule has 0 aliphatic carbocycles. The van der Waals surface area contributed by atoms with Crippen LogP contribution in [0.15, 0.2) is 18.3 Å². The molecule has 0 spiro atoms. The van der Waals surface area contributed by atoms with Gasteiger partial charge in [0.15, 0.2) is 0 Å². The molecule has 1 amide bonds. The van der Waals surface area contributed by atoms with Crippen molar-refractivity contribution in [3.05, 3.63) is 29.6 Å². The molecule has 1 fully saturated rings. The van der Waals surface area contributed by atoms with Crippen LogP contribution in [0.1, 0.15) is 29.1 Å². The smallest absolute Gasteiger partial charge is 0.255 e. The molecule has 0 aromatic carbocycles. The zero-order valence-electron chi connectivity index (χ0n) is 9.80. The number of nitrogens with zero attached hydrogens (tertiary/aromatic N) is 2. The molecule has 0 bridgehead atoms. The summed E-state index contributed by atoms with van der Waals surface area (Å²) in [5.74, 6) is 1.95. The first kappa shape index (κ1) is 12.4. The van der Waals surface area contributed by atoms with E-state index in [0.29, 0.717) is 11.3 Å². The van der Waals surface area contributed by atoms with E-state index in [1.54, 1.807) is 25.3 Å². The van der Waals surface area contributed by atoms with Gasteiger partial charge in [-0.15, -0.1) is 0 Å². The lowest BCUT2D eigenvalue weighted by Gasteiger charge is -2.27. The van der Waals surface area contributed by atoms with Crippen molar-refractivity contribution in [1.82, 2.24) is 9.88 Å². The Balaban J connectivity index is 2.23. The van der Waals surface area contributed by atoms with Crippen molar-refractivity contribution in [2.45, 2.75) is 13.0 Å². The fourth-order valence-electron chi connectivity index (χ4n) is 1.87. The number of hydrogen-bond donors (Lipinski definition) is 1. The van der Waals surface area contributed by atoms with Gasteiger partial charge < -0.3 is 10.0 Å². The number of aliphatic hydroxyl groups excluding tert-OH is 1. The van der Waals surface area contributed by atoms with E-state index in [1.807, 2.05) is 16.7 Å². The molecule has 4 nitrogen and oxygen atoms in total. The van der Waals surface area contributed by atoms with Crippen LogP contribution in [-0.4, -0.2) is 45.5 Å². The third kappa shape index (κ3) is 2.79. The summed E-state index contributed by atoms with van der Waals surface area (Å²) in [6, 6.07) is 3.47. The van der Waals surface area contributed by atoms with Crippen LogP contribution in [0, 0.1) is 0 Å². The Kier molecular flexibility index (Phi) is 4.02. The van der Waals surface area contributed by atoms with Gasteiger partial charge in [0.05, 0.1) is 17.4 Å². The molecule has 0 saturated carbocycles. The quantitative estimate of drug-likeness (QED) is 0.862. The van der Waals surface area contributed by atoms with Crippen LogP contribution in [0.3, 0.4) is 0 Å². The number of aromatic nitrogens is 1. The van der Waals surface area contributed by atoms with Crippen molar-refractivity contribution >= 4 is 17.7 Å². The molecule has 0 radical (unpaired) electrons. The van der Waals surface area contributed by atoms with E-state index in [0.717, 1.165) is 24.6 Å². The lowest BCUT2D eigenvalue weighted by molar-refractivity contribution is 0.0764. The first-order valence-corrected chi connectivity index (χ1v) is 6.85. The summed E-state index contributed by atoms with van der Waals surface area (Å²) in [5.41, 5.74) is 0.991. The third-order valence-electron chi connectivity index (χ3n) is 2.76. The van der Waals surface area contributed by atoms with Crippen LogP contribution in [0.4, 0.5) is 0 Å². The summed E-state index contributed by atoms with van der Waals surface area (Å²) < 4.78 is 0. The van der Waals surface area contributed by atoms with E-state index in [2.05, 4.69) is 4.98 Å². The molecule has 1 aromatic heterocycles. The maximum atomic E-state index is 12.3. The van der Waals surface area contributed by atoms with Gasteiger partial charge in [-0.05, 0) is 19.1 Å².